The summed E-state index contributed by atoms with van der Waals surface area (Å²) in [6, 6.07) is 8.48. The van der Waals surface area contributed by atoms with E-state index in [0.29, 0.717) is 0 Å². The molecule has 0 saturated heterocycles. The van der Waals surface area contributed by atoms with E-state index in [9.17, 15) is 0 Å². The first-order valence-electron chi connectivity index (χ1n) is 6.87. The zero-order valence-corrected chi connectivity index (χ0v) is 13.2. The number of benzene rings is 1. The molecule has 0 heterocycles. The maximum absolute atomic E-state index is 5.41. The summed E-state index contributed by atoms with van der Waals surface area (Å²) in [5.74, 6) is 0.952. The molecule has 0 radical (unpaired) electrons. The molecule has 0 bridgehead atoms. The van der Waals surface area contributed by atoms with Crippen LogP contribution in [0.4, 0.5) is 0 Å². The van der Waals surface area contributed by atoms with Crippen LogP contribution >= 0.6 is 0 Å². The smallest absolute Gasteiger partial charge is 0.123 e. The fourth-order valence-electron chi connectivity index (χ4n) is 2.48. The van der Waals surface area contributed by atoms with Gasteiger partial charge in [-0.1, -0.05) is 32.0 Å². The normalized spacial score (nSPS) is 13.6. The molecule has 0 saturated carbocycles. The van der Waals surface area contributed by atoms with E-state index in [0.717, 1.165) is 18.8 Å². The molecule has 1 atom stereocenters. The van der Waals surface area contributed by atoms with Crippen molar-refractivity contribution in [3.63, 3.8) is 0 Å². The summed E-state index contributed by atoms with van der Waals surface area (Å²) in [4.78, 5) is 2.23. The second kappa shape index (κ2) is 6.92. The minimum atomic E-state index is 0.250. The molecule has 108 valence electrons. The fraction of sp³-hybridized carbons (Fsp3) is 0.625. The van der Waals surface area contributed by atoms with E-state index in [-0.39, 0.29) is 11.5 Å². The minimum absolute atomic E-state index is 0.250. The number of nitrogens with one attached hydrogen (secondary N) is 1. The van der Waals surface area contributed by atoms with E-state index >= 15 is 0 Å². The second-order valence-electron chi connectivity index (χ2n) is 6.25. The van der Waals surface area contributed by atoms with Gasteiger partial charge in [-0.05, 0) is 32.5 Å². The second-order valence-corrected chi connectivity index (χ2v) is 6.25. The van der Waals surface area contributed by atoms with Crippen molar-refractivity contribution in [3.05, 3.63) is 29.8 Å². The van der Waals surface area contributed by atoms with Gasteiger partial charge in [-0.2, -0.15) is 0 Å². The number of hydrogen-bond acceptors (Lipinski definition) is 3. The van der Waals surface area contributed by atoms with Gasteiger partial charge in [0.15, 0.2) is 0 Å². The minimum Gasteiger partial charge on any atom is -0.496 e. The van der Waals surface area contributed by atoms with Crippen molar-refractivity contribution in [2.75, 3.05) is 34.3 Å². The zero-order chi connectivity index (χ0) is 14.5. The Morgan fingerprint density at radius 1 is 1.26 bits per heavy atom. The summed E-state index contributed by atoms with van der Waals surface area (Å²) in [7, 11) is 5.96. The topological polar surface area (TPSA) is 24.5 Å². The molecule has 1 rings (SSSR count). The lowest BCUT2D eigenvalue weighted by Crippen LogP contribution is -2.38. The first-order valence-corrected chi connectivity index (χ1v) is 6.87. The molecule has 1 N–H and O–H groups in total. The third-order valence-electron chi connectivity index (χ3n) is 3.24. The van der Waals surface area contributed by atoms with Crippen LogP contribution in [-0.2, 0) is 0 Å². The summed E-state index contributed by atoms with van der Waals surface area (Å²) in [5, 5.41) is 3.61. The van der Waals surface area contributed by atoms with Crippen LogP contribution in [0, 0.1) is 5.41 Å². The average Bonchev–Trinajstić information content (AvgIpc) is 2.34. The van der Waals surface area contributed by atoms with Gasteiger partial charge in [0, 0.05) is 24.7 Å². The van der Waals surface area contributed by atoms with Crippen LogP contribution in [0.1, 0.15) is 32.4 Å². The van der Waals surface area contributed by atoms with Gasteiger partial charge < -0.3 is 15.0 Å². The molecular weight excluding hydrogens is 236 g/mol. The summed E-state index contributed by atoms with van der Waals surface area (Å²) in [5.41, 5.74) is 1.46. The van der Waals surface area contributed by atoms with Gasteiger partial charge in [-0.15, -0.1) is 0 Å². The molecular formula is C16H28N2O. The molecule has 1 aromatic carbocycles. The molecule has 1 aromatic rings. The van der Waals surface area contributed by atoms with Crippen molar-refractivity contribution in [2.45, 2.75) is 26.8 Å². The summed E-state index contributed by atoms with van der Waals surface area (Å²) in [6.45, 7) is 8.80. The van der Waals surface area contributed by atoms with Crippen molar-refractivity contribution in [1.82, 2.24) is 10.2 Å². The number of para-hydroxylation sites is 1. The Morgan fingerprint density at radius 3 is 2.47 bits per heavy atom. The van der Waals surface area contributed by atoms with Gasteiger partial charge in [0.05, 0.1) is 7.11 Å². The van der Waals surface area contributed by atoms with Crippen LogP contribution in [0.15, 0.2) is 24.3 Å². The van der Waals surface area contributed by atoms with Crippen LogP contribution in [-0.4, -0.2) is 39.2 Å². The molecule has 3 nitrogen and oxygen atoms in total. The van der Waals surface area contributed by atoms with Crippen molar-refractivity contribution < 1.29 is 4.74 Å². The highest BCUT2D eigenvalue weighted by Gasteiger charge is 2.20. The van der Waals surface area contributed by atoms with Crippen LogP contribution < -0.4 is 10.1 Å². The predicted octanol–water partition coefficient (Wildman–Crippen LogP) is 2.93. The highest BCUT2D eigenvalue weighted by molar-refractivity contribution is 5.35. The Morgan fingerprint density at radius 2 is 1.89 bits per heavy atom. The molecule has 0 spiro atoms. The summed E-state index contributed by atoms with van der Waals surface area (Å²) < 4.78 is 5.41. The molecule has 0 aliphatic rings. The number of ether oxygens (including phenoxy) is 1. The molecule has 0 aliphatic heterocycles. The molecule has 19 heavy (non-hydrogen) atoms. The van der Waals surface area contributed by atoms with Gasteiger partial charge in [-0.3, -0.25) is 0 Å². The largest absolute Gasteiger partial charge is 0.496 e. The van der Waals surface area contributed by atoms with Gasteiger partial charge in [0.25, 0.3) is 0 Å². The Bertz CT molecular complexity index is 388. The van der Waals surface area contributed by atoms with Gasteiger partial charge >= 0.3 is 0 Å². The molecule has 1 unspecified atom stereocenters. The lowest BCUT2D eigenvalue weighted by atomic mass is 9.92. The number of nitrogens with zero attached hydrogens (tertiary/aromatic N) is 1. The lowest BCUT2D eigenvalue weighted by Gasteiger charge is -2.30. The summed E-state index contributed by atoms with van der Waals surface area (Å²) >= 11 is 0. The van der Waals surface area contributed by atoms with E-state index in [1.54, 1.807) is 7.11 Å². The maximum atomic E-state index is 5.41. The predicted molar refractivity (Wildman–Crippen MR) is 81.7 cm³/mol. The van der Waals surface area contributed by atoms with E-state index in [1.165, 1.54) is 5.56 Å². The zero-order valence-electron chi connectivity index (χ0n) is 13.2. The number of rotatable bonds is 7. The van der Waals surface area contributed by atoms with Gasteiger partial charge in [0.2, 0.25) is 0 Å². The highest BCUT2D eigenvalue weighted by Crippen LogP contribution is 2.25. The van der Waals surface area contributed by atoms with E-state index < -0.39 is 0 Å². The van der Waals surface area contributed by atoms with E-state index in [4.69, 9.17) is 4.74 Å². The van der Waals surface area contributed by atoms with Crippen LogP contribution in [0.25, 0.3) is 0 Å². The molecule has 0 amide bonds. The van der Waals surface area contributed by atoms with Crippen molar-refractivity contribution in [3.8, 4) is 5.75 Å². The van der Waals surface area contributed by atoms with E-state index in [1.807, 2.05) is 12.1 Å². The Hall–Kier alpha value is -1.06. The van der Waals surface area contributed by atoms with Gasteiger partial charge in [-0.25, -0.2) is 0 Å². The third-order valence-corrected chi connectivity index (χ3v) is 3.24. The van der Waals surface area contributed by atoms with Gasteiger partial charge in [0.1, 0.15) is 5.75 Å². The monoisotopic (exact) mass is 264 g/mol. The fourth-order valence-corrected chi connectivity index (χ4v) is 2.48. The van der Waals surface area contributed by atoms with Crippen LogP contribution in [0.3, 0.4) is 0 Å². The first kappa shape index (κ1) is 16.0. The van der Waals surface area contributed by atoms with Crippen molar-refractivity contribution in [2.24, 2.45) is 5.41 Å². The van der Waals surface area contributed by atoms with E-state index in [2.05, 4.69) is 57.2 Å². The van der Waals surface area contributed by atoms with Crippen LogP contribution in [0.5, 0.6) is 5.75 Å². The Labute approximate surface area is 118 Å². The Kier molecular flexibility index (Phi) is 5.83. The van der Waals surface area contributed by atoms with Crippen molar-refractivity contribution >= 4 is 0 Å². The first-order chi connectivity index (χ1) is 8.85. The molecule has 0 fully saturated rings. The summed E-state index contributed by atoms with van der Waals surface area (Å²) in [6.07, 6.45) is 0. The molecule has 0 aliphatic carbocycles. The quantitative estimate of drug-likeness (QED) is 0.819. The highest BCUT2D eigenvalue weighted by atomic mass is 16.5. The molecule has 0 aromatic heterocycles. The number of methoxy groups -OCH3 is 1. The number of hydrogen-bond donors (Lipinski definition) is 1. The Balaban J connectivity index is 2.62. The average molecular weight is 264 g/mol. The lowest BCUT2D eigenvalue weighted by molar-refractivity contribution is 0.226. The van der Waals surface area contributed by atoms with Crippen LogP contribution in [0.2, 0.25) is 0 Å². The maximum Gasteiger partial charge on any atom is 0.123 e. The SMILES string of the molecule is COc1ccccc1C(C)NCC(C)(C)CN(C)C. The standard InChI is InChI=1S/C16H28N2O/c1-13(14-9-7-8-10-15(14)19-6)17-11-16(2,3)12-18(4)5/h7-10,13,17H,11-12H2,1-6H3. The third kappa shape index (κ3) is 5.21. The van der Waals surface area contributed by atoms with Crippen molar-refractivity contribution in [1.29, 1.82) is 0 Å². The molecule has 3 heteroatoms.